The quantitative estimate of drug-likeness (QED) is 0.377. The van der Waals surface area contributed by atoms with Crippen molar-refractivity contribution in [2.24, 2.45) is 12.0 Å². The largest absolute Gasteiger partial charge is 0.356 e. The van der Waals surface area contributed by atoms with E-state index in [2.05, 4.69) is 44.6 Å². The van der Waals surface area contributed by atoms with Gasteiger partial charge in [0.25, 0.3) is 0 Å². The number of guanidine groups is 1. The molecular formula is C16H32IN7. The number of likely N-dealkylation sites (N-methyl/N-ethyl adjacent to an activating group) is 1. The first-order chi connectivity index (χ1) is 11.2. The molecule has 2 N–H and O–H groups in total. The Balaban J connectivity index is 0.00000288. The first-order valence-electron chi connectivity index (χ1n) is 8.76. The third-order valence-electron chi connectivity index (χ3n) is 4.51. The van der Waals surface area contributed by atoms with Crippen LogP contribution in [0.2, 0.25) is 0 Å². The Morgan fingerprint density at radius 1 is 1.29 bits per heavy atom. The first-order valence-corrected chi connectivity index (χ1v) is 8.76. The van der Waals surface area contributed by atoms with E-state index < -0.39 is 0 Å². The number of nitrogens with one attached hydrogen (secondary N) is 2. The van der Waals surface area contributed by atoms with Gasteiger partial charge >= 0.3 is 0 Å². The summed E-state index contributed by atoms with van der Waals surface area (Å²) in [6, 6.07) is 0.616. The van der Waals surface area contributed by atoms with Gasteiger partial charge in [-0.2, -0.15) is 0 Å². The van der Waals surface area contributed by atoms with Crippen LogP contribution in [-0.2, 0) is 13.6 Å². The van der Waals surface area contributed by atoms with Gasteiger partial charge in [-0.3, -0.25) is 4.90 Å². The number of hydrogen-bond acceptors (Lipinski definition) is 4. The van der Waals surface area contributed by atoms with Crippen LogP contribution < -0.4 is 10.6 Å². The highest BCUT2D eigenvalue weighted by atomic mass is 127. The van der Waals surface area contributed by atoms with Gasteiger partial charge in [-0.15, -0.1) is 34.2 Å². The van der Waals surface area contributed by atoms with Gasteiger partial charge in [0.2, 0.25) is 0 Å². The van der Waals surface area contributed by atoms with E-state index in [4.69, 9.17) is 0 Å². The smallest absolute Gasteiger partial charge is 0.191 e. The van der Waals surface area contributed by atoms with E-state index in [-0.39, 0.29) is 24.0 Å². The third kappa shape index (κ3) is 5.87. The molecule has 1 saturated heterocycles. The van der Waals surface area contributed by atoms with Gasteiger partial charge in [0, 0.05) is 26.2 Å². The second-order valence-electron chi connectivity index (χ2n) is 6.12. The average molecular weight is 449 g/mol. The summed E-state index contributed by atoms with van der Waals surface area (Å²) in [7, 11) is 1.98. The van der Waals surface area contributed by atoms with Crippen LogP contribution in [0.1, 0.15) is 44.8 Å². The molecule has 0 amide bonds. The lowest BCUT2D eigenvalue weighted by Gasteiger charge is -2.24. The summed E-state index contributed by atoms with van der Waals surface area (Å²) in [6.45, 7) is 11.1. The molecule has 0 aliphatic carbocycles. The third-order valence-corrected chi connectivity index (χ3v) is 4.51. The van der Waals surface area contributed by atoms with Crippen LogP contribution in [0.4, 0.5) is 0 Å². The van der Waals surface area contributed by atoms with Gasteiger partial charge < -0.3 is 15.2 Å². The maximum Gasteiger partial charge on any atom is 0.191 e. The molecule has 1 aromatic heterocycles. The molecule has 1 aliphatic heterocycles. The standard InChI is InChI=1S/C16H31N7.HI/c1-5-9-17-16(18-11-14-8-7-10-23(14)6-2)19-12-15-21-20-13(3)22(15)4;/h14H,5-12H2,1-4H3,(H2,17,18,19);1H. The number of likely N-dealkylation sites (tertiary alicyclic amines) is 1. The van der Waals surface area contributed by atoms with Crippen LogP contribution in [-0.4, -0.2) is 57.8 Å². The van der Waals surface area contributed by atoms with Gasteiger partial charge in [-0.05, 0) is 39.3 Å². The number of rotatable bonds is 7. The molecule has 24 heavy (non-hydrogen) atoms. The van der Waals surface area contributed by atoms with E-state index in [1.54, 1.807) is 0 Å². The molecule has 1 aliphatic rings. The molecule has 2 heterocycles. The van der Waals surface area contributed by atoms with Crippen LogP contribution in [0.15, 0.2) is 4.99 Å². The van der Waals surface area contributed by atoms with Crippen molar-refractivity contribution in [2.75, 3.05) is 26.2 Å². The van der Waals surface area contributed by atoms with E-state index in [1.807, 2.05) is 18.5 Å². The Kier molecular flexibility index (Phi) is 9.57. The SMILES string of the molecule is CCCNC(=NCc1nnc(C)n1C)NCC1CCCN1CC.I. The molecule has 1 unspecified atom stereocenters. The van der Waals surface area contributed by atoms with Crippen molar-refractivity contribution in [3.05, 3.63) is 11.6 Å². The number of aliphatic imine (C=N–C) groups is 1. The molecule has 8 heteroatoms. The monoisotopic (exact) mass is 449 g/mol. The summed E-state index contributed by atoms with van der Waals surface area (Å²) in [6.07, 6.45) is 3.64. The molecule has 1 aromatic rings. The molecule has 0 spiro atoms. The lowest BCUT2D eigenvalue weighted by Crippen LogP contribution is -2.45. The fourth-order valence-corrected chi connectivity index (χ4v) is 2.91. The zero-order valence-corrected chi connectivity index (χ0v) is 17.7. The first kappa shape index (κ1) is 21.1. The molecule has 138 valence electrons. The fraction of sp³-hybridized carbons (Fsp3) is 0.812. The van der Waals surface area contributed by atoms with Crippen molar-refractivity contribution < 1.29 is 0 Å². The maximum absolute atomic E-state index is 4.67. The van der Waals surface area contributed by atoms with E-state index in [0.29, 0.717) is 12.6 Å². The van der Waals surface area contributed by atoms with E-state index in [0.717, 1.165) is 43.7 Å². The molecule has 0 bridgehead atoms. The van der Waals surface area contributed by atoms with E-state index in [9.17, 15) is 0 Å². The van der Waals surface area contributed by atoms with Crippen molar-refractivity contribution in [3.8, 4) is 0 Å². The predicted octanol–water partition coefficient (Wildman–Crippen LogP) is 1.67. The Bertz CT molecular complexity index is 515. The minimum Gasteiger partial charge on any atom is -0.356 e. The molecule has 7 nitrogen and oxygen atoms in total. The molecular weight excluding hydrogens is 417 g/mol. The van der Waals surface area contributed by atoms with Crippen molar-refractivity contribution >= 4 is 29.9 Å². The van der Waals surface area contributed by atoms with Gasteiger partial charge in [0.1, 0.15) is 12.4 Å². The minimum absolute atomic E-state index is 0. The second kappa shape index (κ2) is 10.9. The predicted molar refractivity (Wildman–Crippen MR) is 109 cm³/mol. The number of halogens is 1. The van der Waals surface area contributed by atoms with Crippen molar-refractivity contribution in [2.45, 2.75) is 52.6 Å². The van der Waals surface area contributed by atoms with Gasteiger partial charge in [-0.1, -0.05) is 13.8 Å². The van der Waals surface area contributed by atoms with Crippen LogP contribution in [0.3, 0.4) is 0 Å². The average Bonchev–Trinajstić information content (AvgIpc) is 3.14. The lowest BCUT2D eigenvalue weighted by atomic mass is 10.2. The highest BCUT2D eigenvalue weighted by Crippen LogP contribution is 2.15. The molecule has 1 fully saturated rings. The van der Waals surface area contributed by atoms with Gasteiger partial charge in [0.15, 0.2) is 11.8 Å². The molecule has 1 atom stereocenters. The summed E-state index contributed by atoms with van der Waals surface area (Å²) in [4.78, 5) is 7.21. The van der Waals surface area contributed by atoms with Crippen LogP contribution in [0, 0.1) is 6.92 Å². The normalized spacial score (nSPS) is 18.5. The molecule has 0 radical (unpaired) electrons. The van der Waals surface area contributed by atoms with Gasteiger partial charge in [0.05, 0.1) is 0 Å². The summed E-state index contributed by atoms with van der Waals surface area (Å²) in [5.41, 5.74) is 0. The Morgan fingerprint density at radius 3 is 2.71 bits per heavy atom. The zero-order chi connectivity index (χ0) is 16.7. The Labute approximate surface area is 162 Å². The topological polar surface area (TPSA) is 70.4 Å². The maximum atomic E-state index is 4.67. The fourth-order valence-electron chi connectivity index (χ4n) is 2.91. The summed E-state index contributed by atoms with van der Waals surface area (Å²) >= 11 is 0. The highest BCUT2D eigenvalue weighted by Gasteiger charge is 2.22. The number of aromatic nitrogens is 3. The van der Waals surface area contributed by atoms with Crippen molar-refractivity contribution in [1.82, 2.24) is 30.3 Å². The second-order valence-corrected chi connectivity index (χ2v) is 6.12. The van der Waals surface area contributed by atoms with Crippen molar-refractivity contribution in [1.29, 1.82) is 0 Å². The zero-order valence-electron chi connectivity index (χ0n) is 15.4. The summed E-state index contributed by atoms with van der Waals surface area (Å²) < 4.78 is 1.98. The molecule has 2 rings (SSSR count). The van der Waals surface area contributed by atoms with E-state index in [1.165, 1.54) is 19.4 Å². The number of aryl methyl sites for hydroxylation is 1. The molecule has 0 saturated carbocycles. The van der Waals surface area contributed by atoms with E-state index >= 15 is 0 Å². The van der Waals surface area contributed by atoms with Crippen LogP contribution in [0.25, 0.3) is 0 Å². The Morgan fingerprint density at radius 2 is 2.08 bits per heavy atom. The van der Waals surface area contributed by atoms with Crippen LogP contribution >= 0.6 is 24.0 Å². The lowest BCUT2D eigenvalue weighted by molar-refractivity contribution is 0.267. The minimum atomic E-state index is 0. The Hall–Kier alpha value is -0.900. The highest BCUT2D eigenvalue weighted by molar-refractivity contribution is 14.0. The van der Waals surface area contributed by atoms with Crippen LogP contribution in [0.5, 0.6) is 0 Å². The number of hydrogen-bond donors (Lipinski definition) is 2. The van der Waals surface area contributed by atoms with Gasteiger partial charge in [-0.25, -0.2) is 4.99 Å². The summed E-state index contributed by atoms with van der Waals surface area (Å²) in [5, 5.41) is 15.1. The molecule has 0 aromatic carbocycles. The summed E-state index contributed by atoms with van der Waals surface area (Å²) in [5.74, 6) is 2.67. The van der Waals surface area contributed by atoms with Crippen molar-refractivity contribution in [3.63, 3.8) is 0 Å². The number of nitrogens with zero attached hydrogens (tertiary/aromatic N) is 5.